The van der Waals surface area contributed by atoms with Gasteiger partial charge in [-0.15, -0.1) is 0 Å². The third-order valence-corrected chi connectivity index (χ3v) is 4.97. The van der Waals surface area contributed by atoms with E-state index in [4.69, 9.17) is 4.18 Å². The lowest BCUT2D eigenvalue weighted by molar-refractivity contribution is 0.440. The van der Waals surface area contributed by atoms with Crippen molar-refractivity contribution in [3.8, 4) is 5.75 Å². The van der Waals surface area contributed by atoms with Gasteiger partial charge in [-0.3, -0.25) is 0 Å². The molecule has 0 amide bonds. The molecule has 1 aliphatic heterocycles. The Morgan fingerprint density at radius 3 is 2.91 bits per heavy atom. The molecule has 1 N–H and O–H groups in total. The van der Waals surface area contributed by atoms with Gasteiger partial charge in [0, 0.05) is 13.1 Å². The molecule has 6 nitrogen and oxygen atoms in total. The second-order valence-electron chi connectivity index (χ2n) is 5.61. The number of anilines is 1. The Hall–Kier alpha value is -2.02. The highest BCUT2D eigenvalue weighted by Gasteiger charge is 2.23. The summed E-state index contributed by atoms with van der Waals surface area (Å²) in [4.78, 5) is 8.48. The van der Waals surface area contributed by atoms with Crippen LogP contribution in [0.1, 0.15) is 19.8 Å². The number of nitrogens with zero attached hydrogens (tertiary/aromatic N) is 2. The van der Waals surface area contributed by atoms with Crippen LogP contribution in [0, 0.1) is 5.92 Å². The molecular weight excluding hydrogens is 302 g/mol. The smallest absolute Gasteiger partial charge is 0.356 e. The third kappa shape index (κ3) is 3.09. The van der Waals surface area contributed by atoms with E-state index in [0.29, 0.717) is 11.7 Å². The summed E-state index contributed by atoms with van der Waals surface area (Å²) in [7, 11) is -3.89. The van der Waals surface area contributed by atoms with E-state index in [1.807, 2.05) is 12.1 Å². The molecule has 2 aromatic rings. The monoisotopic (exact) mass is 321 g/mol. The van der Waals surface area contributed by atoms with E-state index in [1.165, 1.54) is 18.9 Å². The minimum atomic E-state index is -3.89. The van der Waals surface area contributed by atoms with Gasteiger partial charge in [-0.1, -0.05) is 19.1 Å². The third-order valence-electron chi connectivity index (χ3n) is 3.80. The molecule has 0 bridgehead atoms. The summed E-state index contributed by atoms with van der Waals surface area (Å²) in [5.41, 5.74) is 0.817. The summed E-state index contributed by atoms with van der Waals surface area (Å²) < 4.78 is 29.8. The van der Waals surface area contributed by atoms with Crippen LogP contribution in [0.2, 0.25) is 0 Å². The van der Waals surface area contributed by atoms with E-state index in [9.17, 15) is 8.42 Å². The van der Waals surface area contributed by atoms with Gasteiger partial charge in [0.1, 0.15) is 0 Å². The Balaban J connectivity index is 1.89. The van der Waals surface area contributed by atoms with E-state index < -0.39 is 10.1 Å². The van der Waals surface area contributed by atoms with Gasteiger partial charge in [-0.25, -0.2) is 4.98 Å². The summed E-state index contributed by atoms with van der Waals surface area (Å²) in [6.45, 7) is 4.02. The molecule has 1 aromatic heterocycles. The highest BCUT2D eigenvalue weighted by atomic mass is 32.2. The van der Waals surface area contributed by atoms with Crippen LogP contribution < -0.4 is 9.08 Å². The molecule has 0 unspecified atom stereocenters. The number of para-hydroxylation sites is 2. The lowest BCUT2D eigenvalue weighted by Gasteiger charge is -2.33. The quantitative estimate of drug-likeness (QED) is 0.875. The normalized spacial score (nSPS) is 19.1. The Morgan fingerprint density at radius 1 is 1.36 bits per heavy atom. The zero-order valence-corrected chi connectivity index (χ0v) is 13.2. The van der Waals surface area contributed by atoms with Gasteiger partial charge in [0.2, 0.25) is 0 Å². The Labute approximate surface area is 130 Å². The van der Waals surface area contributed by atoms with Crippen LogP contribution in [-0.2, 0) is 10.1 Å². The summed E-state index contributed by atoms with van der Waals surface area (Å²) in [5, 5.41) is -0.0469. The average molecular weight is 321 g/mol. The maximum atomic E-state index is 12.3. The van der Waals surface area contributed by atoms with Crippen LogP contribution in [-0.4, -0.2) is 31.5 Å². The number of benzene rings is 1. The number of nitrogens with one attached hydrogen (secondary N) is 1. The second kappa shape index (κ2) is 6.00. The molecule has 1 fully saturated rings. The fourth-order valence-corrected chi connectivity index (χ4v) is 3.59. The molecule has 7 heteroatoms. The SMILES string of the molecule is C[C@H]1CCCN(c2ccccc2OS(=O)(=O)c2cnc[nH]2)C1. The maximum absolute atomic E-state index is 12.3. The number of piperidine rings is 1. The summed E-state index contributed by atoms with van der Waals surface area (Å²) in [6, 6.07) is 7.25. The van der Waals surface area contributed by atoms with Crippen LogP contribution >= 0.6 is 0 Å². The molecule has 3 rings (SSSR count). The van der Waals surface area contributed by atoms with Crippen LogP contribution in [0.15, 0.2) is 41.8 Å². The fraction of sp³-hybridized carbons (Fsp3) is 0.400. The molecule has 1 atom stereocenters. The summed E-state index contributed by atoms with van der Waals surface area (Å²) in [6.07, 6.45) is 4.85. The zero-order valence-electron chi connectivity index (χ0n) is 12.4. The second-order valence-corrected chi connectivity index (χ2v) is 7.13. The van der Waals surface area contributed by atoms with Crippen LogP contribution in [0.5, 0.6) is 5.75 Å². The molecular formula is C15H19N3O3S. The molecule has 0 aliphatic carbocycles. The molecule has 0 spiro atoms. The number of hydrogen-bond acceptors (Lipinski definition) is 5. The van der Waals surface area contributed by atoms with Crippen molar-refractivity contribution in [1.82, 2.24) is 9.97 Å². The molecule has 1 aliphatic rings. The standard InChI is InChI=1S/C15H19N3O3S/c1-12-5-4-8-18(10-12)13-6-2-3-7-14(13)21-22(19,20)15-9-16-11-17-15/h2-3,6-7,9,11-12H,4-5,8,10H2,1H3,(H,16,17)/t12-/m0/s1. The van der Waals surface area contributed by atoms with E-state index in [1.54, 1.807) is 12.1 Å². The largest absolute Gasteiger partial charge is 0.376 e. The lowest BCUT2D eigenvalue weighted by atomic mass is 10.00. The van der Waals surface area contributed by atoms with Crippen LogP contribution in [0.25, 0.3) is 0 Å². The van der Waals surface area contributed by atoms with E-state index in [-0.39, 0.29) is 5.03 Å². The molecule has 0 saturated carbocycles. The van der Waals surface area contributed by atoms with Crippen molar-refractivity contribution < 1.29 is 12.6 Å². The zero-order chi connectivity index (χ0) is 15.6. The van der Waals surface area contributed by atoms with Crippen molar-refractivity contribution in [3.63, 3.8) is 0 Å². The van der Waals surface area contributed by atoms with Crippen molar-refractivity contribution in [1.29, 1.82) is 0 Å². The Morgan fingerprint density at radius 2 is 2.18 bits per heavy atom. The highest BCUT2D eigenvalue weighted by molar-refractivity contribution is 7.87. The van der Waals surface area contributed by atoms with Gasteiger partial charge < -0.3 is 14.1 Å². The number of aromatic nitrogens is 2. The molecule has 1 aromatic carbocycles. The van der Waals surface area contributed by atoms with Gasteiger partial charge in [0.25, 0.3) is 0 Å². The predicted molar refractivity (Wildman–Crippen MR) is 83.5 cm³/mol. The van der Waals surface area contributed by atoms with Gasteiger partial charge >= 0.3 is 10.1 Å². The predicted octanol–water partition coefficient (Wildman–Crippen LogP) is 2.41. The van der Waals surface area contributed by atoms with Crippen LogP contribution in [0.3, 0.4) is 0 Å². The molecule has 2 heterocycles. The number of H-pyrrole nitrogens is 1. The van der Waals surface area contributed by atoms with E-state index in [0.717, 1.165) is 25.2 Å². The summed E-state index contributed by atoms with van der Waals surface area (Å²) in [5.74, 6) is 0.942. The maximum Gasteiger partial charge on any atom is 0.356 e. The number of aromatic amines is 1. The first kappa shape index (κ1) is 14.9. The minimum Gasteiger partial charge on any atom is -0.376 e. The van der Waals surface area contributed by atoms with E-state index in [2.05, 4.69) is 21.8 Å². The van der Waals surface area contributed by atoms with E-state index >= 15 is 0 Å². The molecule has 22 heavy (non-hydrogen) atoms. The van der Waals surface area contributed by atoms with Crippen molar-refractivity contribution in [3.05, 3.63) is 36.8 Å². The Bertz CT molecular complexity index is 728. The van der Waals surface area contributed by atoms with Crippen molar-refractivity contribution >= 4 is 15.8 Å². The number of rotatable bonds is 4. The van der Waals surface area contributed by atoms with Crippen molar-refractivity contribution in [2.45, 2.75) is 24.8 Å². The average Bonchev–Trinajstić information content (AvgIpc) is 3.02. The molecule has 0 radical (unpaired) electrons. The Kier molecular flexibility index (Phi) is 4.06. The topological polar surface area (TPSA) is 75.3 Å². The number of hydrogen-bond donors (Lipinski definition) is 1. The van der Waals surface area contributed by atoms with Gasteiger partial charge in [-0.05, 0) is 30.9 Å². The minimum absolute atomic E-state index is 0.0469. The number of imidazole rings is 1. The first-order valence-corrected chi connectivity index (χ1v) is 8.74. The lowest BCUT2D eigenvalue weighted by Crippen LogP contribution is -2.34. The highest BCUT2D eigenvalue weighted by Crippen LogP contribution is 2.33. The van der Waals surface area contributed by atoms with Crippen molar-refractivity contribution in [2.24, 2.45) is 5.92 Å². The fourth-order valence-electron chi connectivity index (χ4n) is 2.74. The molecule has 118 valence electrons. The first-order chi connectivity index (χ1) is 10.6. The molecule has 1 saturated heterocycles. The van der Waals surface area contributed by atoms with Gasteiger partial charge in [0.05, 0.1) is 18.2 Å². The van der Waals surface area contributed by atoms with Gasteiger partial charge in [0.15, 0.2) is 10.8 Å². The van der Waals surface area contributed by atoms with Crippen molar-refractivity contribution in [2.75, 3.05) is 18.0 Å². The van der Waals surface area contributed by atoms with Gasteiger partial charge in [-0.2, -0.15) is 8.42 Å². The van der Waals surface area contributed by atoms with Crippen LogP contribution in [0.4, 0.5) is 5.69 Å². The first-order valence-electron chi connectivity index (χ1n) is 7.33. The summed E-state index contributed by atoms with van der Waals surface area (Å²) >= 11 is 0.